The minimum Gasteiger partial charge on any atom is -0.379 e. The highest BCUT2D eigenvalue weighted by Gasteiger charge is 2.13. The van der Waals surface area contributed by atoms with Crippen molar-refractivity contribution in [3.05, 3.63) is 77.9 Å². The Morgan fingerprint density at radius 2 is 1.71 bits per heavy atom. The quantitative estimate of drug-likeness (QED) is 0.618. The molecule has 31 heavy (non-hydrogen) atoms. The highest BCUT2D eigenvalue weighted by molar-refractivity contribution is 6.07. The second kappa shape index (κ2) is 10.2. The molecular formula is C25H27N3O3. The Bertz CT molecular complexity index is 1060. The van der Waals surface area contributed by atoms with Gasteiger partial charge in [0.2, 0.25) is 5.91 Å². The average Bonchev–Trinajstić information content (AvgIpc) is 2.82. The molecule has 1 fully saturated rings. The molecule has 1 aliphatic rings. The molecule has 6 nitrogen and oxygen atoms in total. The van der Waals surface area contributed by atoms with Crippen molar-refractivity contribution in [3.63, 3.8) is 0 Å². The summed E-state index contributed by atoms with van der Waals surface area (Å²) in [6.45, 7) is 4.33. The fourth-order valence-electron chi connectivity index (χ4n) is 3.77. The smallest absolute Gasteiger partial charge is 0.252 e. The third-order valence-electron chi connectivity index (χ3n) is 5.46. The molecule has 0 saturated carbocycles. The number of hydrogen-bond donors (Lipinski definition) is 2. The van der Waals surface area contributed by atoms with Gasteiger partial charge in [-0.15, -0.1) is 0 Å². The Balaban J connectivity index is 1.32. The SMILES string of the molecule is O=C(CCN1CCOCC1)Nc1cccc(CNC(=O)c2cccc3ccccc23)c1. The van der Waals surface area contributed by atoms with Crippen molar-refractivity contribution in [2.45, 2.75) is 13.0 Å². The number of nitrogens with one attached hydrogen (secondary N) is 2. The zero-order valence-electron chi connectivity index (χ0n) is 17.5. The molecule has 1 saturated heterocycles. The van der Waals surface area contributed by atoms with Gasteiger partial charge in [0.25, 0.3) is 5.91 Å². The number of hydrogen-bond acceptors (Lipinski definition) is 4. The van der Waals surface area contributed by atoms with Crippen molar-refractivity contribution < 1.29 is 14.3 Å². The number of nitrogens with zero attached hydrogens (tertiary/aromatic N) is 1. The van der Waals surface area contributed by atoms with E-state index < -0.39 is 0 Å². The van der Waals surface area contributed by atoms with Crippen molar-refractivity contribution in [2.75, 3.05) is 38.2 Å². The summed E-state index contributed by atoms with van der Waals surface area (Å²) < 4.78 is 5.33. The van der Waals surface area contributed by atoms with Crippen molar-refractivity contribution in [3.8, 4) is 0 Å². The Hall–Kier alpha value is -3.22. The molecule has 160 valence electrons. The predicted octanol–water partition coefficient (Wildman–Crippen LogP) is 3.43. The van der Waals surface area contributed by atoms with Gasteiger partial charge < -0.3 is 15.4 Å². The normalized spacial score (nSPS) is 14.3. The Kier molecular flexibility index (Phi) is 6.92. The molecule has 0 atom stereocenters. The van der Waals surface area contributed by atoms with Crippen LogP contribution in [0, 0.1) is 0 Å². The van der Waals surface area contributed by atoms with Gasteiger partial charge in [-0.1, -0.05) is 48.5 Å². The van der Waals surface area contributed by atoms with Gasteiger partial charge in [0, 0.05) is 43.9 Å². The summed E-state index contributed by atoms with van der Waals surface area (Å²) in [6.07, 6.45) is 0.446. The van der Waals surface area contributed by atoms with E-state index in [9.17, 15) is 9.59 Å². The number of benzene rings is 3. The zero-order valence-corrected chi connectivity index (χ0v) is 17.5. The number of carbonyl (C=O) groups is 2. The van der Waals surface area contributed by atoms with Crippen molar-refractivity contribution in [2.24, 2.45) is 0 Å². The maximum atomic E-state index is 12.7. The largest absolute Gasteiger partial charge is 0.379 e. The van der Waals surface area contributed by atoms with Gasteiger partial charge in [0.05, 0.1) is 13.2 Å². The van der Waals surface area contributed by atoms with Gasteiger partial charge in [0.15, 0.2) is 0 Å². The monoisotopic (exact) mass is 417 g/mol. The number of morpholine rings is 1. The van der Waals surface area contributed by atoms with Gasteiger partial charge in [-0.2, -0.15) is 0 Å². The Morgan fingerprint density at radius 3 is 2.58 bits per heavy atom. The topological polar surface area (TPSA) is 70.7 Å². The van der Waals surface area contributed by atoms with E-state index in [1.54, 1.807) is 0 Å². The van der Waals surface area contributed by atoms with Crippen molar-refractivity contribution >= 4 is 28.3 Å². The van der Waals surface area contributed by atoms with Crippen LogP contribution in [0.15, 0.2) is 66.7 Å². The molecule has 1 aliphatic heterocycles. The van der Waals surface area contributed by atoms with Crippen LogP contribution in [0.3, 0.4) is 0 Å². The lowest BCUT2D eigenvalue weighted by molar-refractivity contribution is -0.116. The summed E-state index contributed by atoms with van der Waals surface area (Å²) in [5.41, 5.74) is 2.33. The summed E-state index contributed by atoms with van der Waals surface area (Å²) in [4.78, 5) is 27.3. The first-order valence-corrected chi connectivity index (χ1v) is 10.6. The van der Waals surface area contributed by atoms with E-state index in [4.69, 9.17) is 4.74 Å². The first-order valence-electron chi connectivity index (χ1n) is 10.6. The molecule has 0 aromatic heterocycles. The summed E-state index contributed by atoms with van der Waals surface area (Å²) in [7, 11) is 0. The lowest BCUT2D eigenvalue weighted by Crippen LogP contribution is -2.38. The lowest BCUT2D eigenvalue weighted by atomic mass is 10.0. The van der Waals surface area contributed by atoms with E-state index in [1.807, 2.05) is 66.7 Å². The summed E-state index contributed by atoms with van der Waals surface area (Å²) in [5, 5.41) is 7.91. The zero-order chi connectivity index (χ0) is 21.5. The molecule has 2 N–H and O–H groups in total. The first kappa shape index (κ1) is 21.0. The molecule has 0 aliphatic carbocycles. The molecule has 3 aromatic rings. The second-order valence-corrected chi connectivity index (χ2v) is 7.66. The van der Waals surface area contributed by atoms with Crippen LogP contribution in [-0.2, 0) is 16.1 Å². The van der Waals surface area contributed by atoms with Crippen molar-refractivity contribution in [1.82, 2.24) is 10.2 Å². The number of carbonyl (C=O) groups excluding carboxylic acids is 2. The summed E-state index contributed by atoms with van der Waals surface area (Å²) in [5.74, 6) is -0.125. The van der Waals surface area contributed by atoms with Crippen LogP contribution >= 0.6 is 0 Å². The Labute approximate surface area is 182 Å². The molecule has 0 radical (unpaired) electrons. The highest BCUT2D eigenvalue weighted by Crippen LogP contribution is 2.18. The molecule has 4 rings (SSSR count). The third-order valence-corrected chi connectivity index (χ3v) is 5.46. The number of anilines is 1. The molecule has 1 heterocycles. The third kappa shape index (κ3) is 5.69. The van der Waals surface area contributed by atoms with Gasteiger partial charge >= 0.3 is 0 Å². The van der Waals surface area contributed by atoms with Gasteiger partial charge in [-0.25, -0.2) is 0 Å². The van der Waals surface area contributed by atoms with Gasteiger partial charge in [0.1, 0.15) is 0 Å². The van der Waals surface area contributed by atoms with Crippen LogP contribution < -0.4 is 10.6 Å². The van der Waals surface area contributed by atoms with Crippen LogP contribution in [0.25, 0.3) is 10.8 Å². The molecule has 0 unspecified atom stereocenters. The number of fused-ring (bicyclic) bond motifs is 1. The van der Waals surface area contributed by atoms with Crippen LogP contribution in [0.5, 0.6) is 0 Å². The predicted molar refractivity (Wildman–Crippen MR) is 122 cm³/mol. The van der Waals surface area contributed by atoms with Crippen molar-refractivity contribution in [1.29, 1.82) is 0 Å². The number of rotatable bonds is 7. The fourth-order valence-corrected chi connectivity index (χ4v) is 3.77. The van der Waals surface area contributed by atoms with Crippen LogP contribution in [0.2, 0.25) is 0 Å². The van der Waals surface area contributed by atoms with E-state index in [1.165, 1.54) is 0 Å². The minimum absolute atomic E-state index is 0.0107. The first-order chi connectivity index (χ1) is 15.2. The van der Waals surface area contributed by atoms with E-state index >= 15 is 0 Å². The molecule has 3 aromatic carbocycles. The lowest BCUT2D eigenvalue weighted by Gasteiger charge is -2.26. The van der Waals surface area contributed by atoms with E-state index in [-0.39, 0.29) is 11.8 Å². The highest BCUT2D eigenvalue weighted by atomic mass is 16.5. The van der Waals surface area contributed by atoms with Gasteiger partial charge in [-0.3, -0.25) is 14.5 Å². The maximum absolute atomic E-state index is 12.7. The molecule has 6 heteroatoms. The molecule has 2 amide bonds. The van der Waals surface area contributed by atoms with Crippen LogP contribution in [0.4, 0.5) is 5.69 Å². The molecular weight excluding hydrogens is 390 g/mol. The van der Waals surface area contributed by atoms with Crippen LogP contribution in [0.1, 0.15) is 22.3 Å². The standard InChI is InChI=1S/C25H27N3O3/c29-24(11-12-28-13-15-31-16-14-28)27-21-8-3-5-19(17-21)18-26-25(30)23-10-4-7-20-6-1-2-9-22(20)23/h1-10,17H,11-16,18H2,(H,26,30)(H,27,29). The average molecular weight is 418 g/mol. The minimum atomic E-state index is -0.114. The number of amides is 2. The van der Waals surface area contributed by atoms with E-state index in [0.717, 1.165) is 54.9 Å². The summed E-state index contributed by atoms with van der Waals surface area (Å²) >= 11 is 0. The molecule has 0 spiro atoms. The van der Waals surface area contributed by atoms with Crippen LogP contribution in [-0.4, -0.2) is 49.6 Å². The fraction of sp³-hybridized carbons (Fsp3) is 0.280. The van der Waals surface area contributed by atoms with Gasteiger partial charge in [-0.05, 0) is 34.5 Å². The number of ether oxygens (including phenoxy) is 1. The Morgan fingerprint density at radius 1 is 0.935 bits per heavy atom. The molecule has 0 bridgehead atoms. The maximum Gasteiger partial charge on any atom is 0.252 e. The van der Waals surface area contributed by atoms with E-state index in [0.29, 0.717) is 18.5 Å². The summed E-state index contributed by atoms with van der Waals surface area (Å²) in [6, 6.07) is 21.2. The second-order valence-electron chi connectivity index (χ2n) is 7.66. The van der Waals surface area contributed by atoms with E-state index in [2.05, 4.69) is 15.5 Å².